The minimum Gasteiger partial charge on any atom is -0.497 e. The molecule has 3 rings (SSSR count). The summed E-state index contributed by atoms with van der Waals surface area (Å²) in [5.41, 5.74) is 5.37. The van der Waals surface area contributed by atoms with E-state index in [0.29, 0.717) is 6.42 Å². The van der Waals surface area contributed by atoms with Crippen LogP contribution in [0, 0.1) is 0 Å². The molecule has 104 valence electrons. The van der Waals surface area contributed by atoms with E-state index in [4.69, 9.17) is 15.2 Å². The van der Waals surface area contributed by atoms with Crippen LogP contribution in [0.3, 0.4) is 0 Å². The third-order valence-electron chi connectivity index (χ3n) is 4.48. The van der Waals surface area contributed by atoms with Crippen LogP contribution in [0.5, 0.6) is 11.5 Å². The first-order valence-electron chi connectivity index (χ1n) is 6.91. The van der Waals surface area contributed by atoms with Crippen LogP contribution in [-0.4, -0.2) is 24.4 Å². The average molecular weight is 263 g/mol. The van der Waals surface area contributed by atoms with Crippen LogP contribution in [0.15, 0.2) is 18.2 Å². The van der Waals surface area contributed by atoms with Crippen LogP contribution >= 0.6 is 0 Å². The summed E-state index contributed by atoms with van der Waals surface area (Å²) >= 11 is 0. The van der Waals surface area contributed by atoms with Crippen molar-refractivity contribution < 1.29 is 14.6 Å². The van der Waals surface area contributed by atoms with E-state index >= 15 is 0 Å². The van der Waals surface area contributed by atoms with Crippen molar-refractivity contribution >= 4 is 0 Å². The average Bonchev–Trinajstić information content (AvgIpc) is 2.86. The number of hydrogen-bond acceptors (Lipinski definition) is 4. The molecule has 0 bridgehead atoms. The fourth-order valence-electron chi connectivity index (χ4n) is 3.47. The first-order chi connectivity index (χ1) is 9.11. The lowest BCUT2D eigenvalue weighted by atomic mass is 9.78. The summed E-state index contributed by atoms with van der Waals surface area (Å²) in [5.74, 6) is 1.47. The maximum atomic E-state index is 10.9. The minimum atomic E-state index is -1.01. The zero-order valence-corrected chi connectivity index (χ0v) is 11.3. The van der Waals surface area contributed by atoms with Crippen molar-refractivity contribution in [3.8, 4) is 11.5 Å². The molecule has 1 spiro atoms. The van der Waals surface area contributed by atoms with E-state index in [1.807, 2.05) is 18.2 Å². The number of rotatable bonds is 2. The Kier molecular flexibility index (Phi) is 2.95. The quantitative estimate of drug-likeness (QED) is 0.856. The molecule has 1 aliphatic heterocycles. The van der Waals surface area contributed by atoms with Gasteiger partial charge in [0.2, 0.25) is 0 Å². The van der Waals surface area contributed by atoms with Gasteiger partial charge >= 0.3 is 0 Å². The molecule has 19 heavy (non-hydrogen) atoms. The number of hydrogen-bond donors (Lipinski definition) is 2. The van der Waals surface area contributed by atoms with E-state index in [2.05, 4.69) is 0 Å². The summed E-state index contributed by atoms with van der Waals surface area (Å²) in [6, 6.07) is 5.59. The van der Waals surface area contributed by atoms with Gasteiger partial charge in [0, 0.05) is 18.5 Å². The van der Waals surface area contributed by atoms with Crippen molar-refractivity contribution in [2.45, 2.75) is 43.3 Å². The Labute approximate surface area is 113 Å². The predicted molar refractivity (Wildman–Crippen MR) is 72.4 cm³/mol. The molecular formula is C15H21NO3. The summed E-state index contributed by atoms with van der Waals surface area (Å²) < 4.78 is 11.4. The number of aliphatic hydroxyl groups is 1. The number of benzene rings is 1. The van der Waals surface area contributed by atoms with Crippen molar-refractivity contribution in [1.29, 1.82) is 0 Å². The van der Waals surface area contributed by atoms with Crippen molar-refractivity contribution in [2.75, 3.05) is 13.7 Å². The van der Waals surface area contributed by atoms with Crippen LogP contribution in [0.4, 0.5) is 0 Å². The van der Waals surface area contributed by atoms with Crippen molar-refractivity contribution in [3.05, 3.63) is 23.8 Å². The number of nitrogens with two attached hydrogens (primary N) is 1. The molecule has 1 aromatic rings. The van der Waals surface area contributed by atoms with Crippen LogP contribution < -0.4 is 15.2 Å². The van der Waals surface area contributed by atoms with Gasteiger partial charge in [-0.05, 0) is 43.9 Å². The molecule has 3 N–H and O–H groups in total. The first-order valence-corrected chi connectivity index (χ1v) is 6.91. The standard InChI is InChI=1S/C15H21NO3/c1-18-11-4-5-13-12(8-11)15(17,10-16)9-14(19-13)6-2-3-7-14/h4-5,8,17H,2-3,6-7,9-10,16H2,1H3. The Morgan fingerprint density at radius 1 is 1.37 bits per heavy atom. The third kappa shape index (κ3) is 1.99. The van der Waals surface area contributed by atoms with Gasteiger partial charge in [0.25, 0.3) is 0 Å². The number of fused-ring (bicyclic) bond motifs is 1. The minimum absolute atomic E-state index is 0.207. The van der Waals surface area contributed by atoms with E-state index in [1.54, 1.807) is 7.11 Å². The van der Waals surface area contributed by atoms with Crippen LogP contribution in [0.25, 0.3) is 0 Å². The summed E-state index contributed by atoms with van der Waals surface area (Å²) in [5, 5.41) is 10.9. The van der Waals surface area contributed by atoms with Gasteiger partial charge < -0.3 is 20.3 Å². The Hall–Kier alpha value is -1.26. The lowest BCUT2D eigenvalue weighted by molar-refractivity contribution is -0.0713. The van der Waals surface area contributed by atoms with Crippen LogP contribution in [0.1, 0.15) is 37.7 Å². The fraction of sp³-hybridized carbons (Fsp3) is 0.600. The van der Waals surface area contributed by atoms with Crippen molar-refractivity contribution in [3.63, 3.8) is 0 Å². The molecule has 1 fully saturated rings. The summed E-state index contributed by atoms with van der Waals surface area (Å²) in [6.07, 6.45) is 4.90. The largest absolute Gasteiger partial charge is 0.497 e. The topological polar surface area (TPSA) is 64.7 Å². The highest BCUT2D eigenvalue weighted by atomic mass is 16.5. The molecular weight excluding hydrogens is 242 g/mol. The normalized spacial score (nSPS) is 27.9. The molecule has 4 nitrogen and oxygen atoms in total. The molecule has 1 saturated carbocycles. The number of methoxy groups -OCH3 is 1. The summed E-state index contributed by atoms with van der Waals surface area (Å²) in [7, 11) is 1.62. The molecule has 1 aliphatic carbocycles. The monoisotopic (exact) mass is 263 g/mol. The van der Waals surface area contributed by atoms with Gasteiger partial charge in [0.05, 0.1) is 7.11 Å². The van der Waals surface area contributed by atoms with Gasteiger partial charge in [-0.15, -0.1) is 0 Å². The molecule has 1 atom stereocenters. The van der Waals surface area contributed by atoms with Crippen LogP contribution in [-0.2, 0) is 5.60 Å². The van der Waals surface area contributed by atoms with E-state index in [-0.39, 0.29) is 12.1 Å². The summed E-state index contributed by atoms with van der Waals surface area (Å²) in [6.45, 7) is 0.207. The zero-order valence-electron chi connectivity index (χ0n) is 11.3. The maximum Gasteiger partial charge on any atom is 0.126 e. The van der Waals surface area contributed by atoms with E-state index < -0.39 is 5.60 Å². The third-order valence-corrected chi connectivity index (χ3v) is 4.48. The Bertz CT molecular complexity index is 482. The molecule has 0 radical (unpaired) electrons. The van der Waals surface area contributed by atoms with Gasteiger partial charge in [0.1, 0.15) is 22.7 Å². The molecule has 0 aromatic heterocycles. The molecule has 1 aromatic carbocycles. The molecule has 1 heterocycles. The van der Waals surface area contributed by atoms with E-state index in [0.717, 1.165) is 42.7 Å². The second-order valence-electron chi connectivity index (χ2n) is 5.77. The highest BCUT2D eigenvalue weighted by Gasteiger charge is 2.49. The molecule has 4 heteroatoms. The Morgan fingerprint density at radius 2 is 2.11 bits per heavy atom. The van der Waals surface area contributed by atoms with E-state index in [1.165, 1.54) is 0 Å². The Morgan fingerprint density at radius 3 is 2.74 bits per heavy atom. The molecule has 0 saturated heterocycles. The second kappa shape index (κ2) is 4.39. The van der Waals surface area contributed by atoms with E-state index in [9.17, 15) is 5.11 Å². The van der Waals surface area contributed by atoms with Gasteiger partial charge in [-0.25, -0.2) is 0 Å². The van der Waals surface area contributed by atoms with Gasteiger partial charge in [0.15, 0.2) is 0 Å². The molecule has 1 unspecified atom stereocenters. The molecule has 2 aliphatic rings. The highest BCUT2D eigenvalue weighted by molar-refractivity contribution is 5.46. The predicted octanol–water partition coefficient (Wildman–Crippen LogP) is 1.94. The smallest absolute Gasteiger partial charge is 0.126 e. The zero-order chi connectivity index (χ0) is 13.5. The van der Waals surface area contributed by atoms with Gasteiger partial charge in [-0.1, -0.05) is 0 Å². The summed E-state index contributed by atoms with van der Waals surface area (Å²) in [4.78, 5) is 0. The lowest BCUT2D eigenvalue weighted by Crippen LogP contribution is -2.49. The van der Waals surface area contributed by atoms with Crippen molar-refractivity contribution in [2.24, 2.45) is 5.73 Å². The van der Waals surface area contributed by atoms with Crippen molar-refractivity contribution in [1.82, 2.24) is 0 Å². The van der Waals surface area contributed by atoms with Gasteiger partial charge in [-0.2, -0.15) is 0 Å². The SMILES string of the molecule is COc1ccc2c(c1)C(O)(CN)CC1(CCCC1)O2. The van der Waals surface area contributed by atoms with Gasteiger partial charge in [-0.3, -0.25) is 0 Å². The second-order valence-corrected chi connectivity index (χ2v) is 5.77. The lowest BCUT2D eigenvalue weighted by Gasteiger charge is -2.44. The first kappa shape index (κ1) is 12.8. The Balaban J connectivity index is 2.06. The highest BCUT2D eigenvalue weighted by Crippen LogP contribution is 2.50. The van der Waals surface area contributed by atoms with Crippen LogP contribution in [0.2, 0.25) is 0 Å². The fourth-order valence-corrected chi connectivity index (χ4v) is 3.47. The molecule has 0 amide bonds. The maximum absolute atomic E-state index is 10.9. The number of ether oxygens (including phenoxy) is 2.